The van der Waals surface area contributed by atoms with Crippen LogP contribution in [0.4, 0.5) is 5.82 Å². The minimum Gasteiger partial charge on any atom is -0.493 e. The fraction of sp³-hybridized carbons (Fsp3) is 0.520. The number of benzene rings is 1. The Kier molecular flexibility index (Phi) is 8.00. The van der Waals surface area contributed by atoms with Crippen LogP contribution in [0.2, 0.25) is 5.02 Å². The molecule has 184 valence electrons. The summed E-state index contributed by atoms with van der Waals surface area (Å²) in [4.78, 5) is 24.2. The first-order valence-corrected chi connectivity index (χ1v) is 12.1. The van der Waals surface area contributed by atoms with Crippen molar-refractivity contribution in [1.82, 2.24) is 14.8 Å². The Balaban J connectivity index is 1.29. The fourth-order valence-corrected chi connectivity index (χ4v) is 4.94. The van der Waals surface area contributed by atoms with Crippen molar-refractivity contribution in [1.29, 1.82) is 0 Å². The Bertz CT molecular complexity index is 972. The molecule has 34 heavy (non-hydrogen) atoms. The number of halogens is 1. The third kappa shape index (κ3) is 5.33. The molecule has 1 aromatic heterocycles. The Morgan fingerprint density at radius 1 is 0.941 bits per heavy atom. The fourth-order valence-electron chi connectivity index (χ4n) is 4.82. The summed E-state index contributed by atoms with van der Waals surface area (Å²) in [7, 11) is 4.88. The van der Waals surface area contributed by atoms with E-state index in [2.05, 4.69) is 14.8 Å². The van der Waals surface area contributed by atoms with Crippen LogP contribution in [0.25, 0.3) is 0 Å². The number of aromatic nitrogens is 1. The van der Waals surface area contributed by atoms with Crippen LogP contribution in [-0.4, -0.2) is 81.3 Å². The van der Waals surface area contributed by atoms with Crippen LogP contribution in [-0.2, 0) is 11.3 Å². The van der Waals surface area contributed by atoms with Crippen molar-refractivity contribution in [3.63, 3.8) is 0 Å². The summed E-state index contributed by atoms with van der Waals surface area (Å²) < 4.78 is 16.5. The maximum absolute atomic E-state index is 13.2. The molecule has 0 spiro atoms. The van der Waals surface area contributed by atoms with E-state index >= 15 is 0 Å². The van der Waals surface area contributed by atoms with E-state index in [0.717, 1.165) is 70.0 Å². The summed E-state index contributed by atoms with van der Waals surface area (Å²) in [6.07, 6.45) is 3.38. The minimum atomic E-state index is 0.0843. The second-order valence-electron chi connectivity index (χ2n) is 8.69. The first kappa shape index (κ1) is 24.4. The van der Waals surface area contributed by atoms with Crippen LogP contribution in [0.1, 0.15) is 18.4 Å². The van der Waals surface area contributed by atoms with E-state index in [9.17, 15) is 4.79 Å². The monoisotopic (exact) mass is 488 g/mol. The molecule has 0 unspecified atom stereocenters. The highest BCUT2D eigenvalue weighted by atomic mass is 35.5. The first-order valence-electron chi connectivity index (χ1n) is 11.7. The average Bonchev–Trinajstić information content (AvgIpc) is 2.89. The van der Waals surface area contributed by atoms with Gasteiger partial charge in [0, 0.05) is 63.5 Å². The van der Waals surface area contributed by atoms with E-state index in [1.807, 2.05) is 29.2 Å². The number of carbonyl (C=O) groups excluding carboxylic acids is 1. The number of piperidine rings is 1. The molecule has 2 saturated heterocycles. The highest BCUT2D eigenvalue weighted by Crippen LogP contribution is 2.40. The van der Waals surface area contributed by atoms with Crippen molar-refractivity contribution in [2.24, 2.45) is 5.92 Å². The lowest BCUT2D eigenvalue weighted by atomic mass is 9.95. The highest BCUT2D eigenvalue weighted by Gasteiger charge is 2.31. The van der Waals surface area contributed by atoms with Crippen molar-refractivity contribution in [3.05, 3.63) is 41.0 Å². The second-order valence-corrected chi connectivity index (χ2v) is 9.13. The van der Waals surface area contributed by atoms with Gasteiger partial charge in [0.15, 0.2) is 11.5 Å². The van der Waals surface area contributed by atoms with Gasteiger partial charge in [0.05, 0.1) is 26.4 Å². The van der Waals surface area contributed by atoms with Crippen LogP contribution in [0.15, 0.2) is 30.5 Å². The number of hydrogen-bond donors (Lipinski definition) is 0. The number of carbonyl (C=O) groups is 1. The number of nitrogens with zero attached hydrogens (tertiary/aromatic N) is 4. The first-order chi connectivity index (χ1) is 16.5. The smallest absolute Gasteiger partial charge is 0.225 e. The maximum Gasteiger partial charge on any atom is 0.225 e. The molecular formula is C25H33ClN4O4. The number of pyridine rings is 1. The molecular weight excluding hydrogens is 456 g/mol. The summed E-state index contributed by atoms with van der Waals surface area (Å²) in [6, 6.07) is 7.72. The summed E-state index contributed by atoms with van der Waals surface area (Å²) in [6.45, 7) is 5.56. The molecule has 1 amide bonds. The molecule has 2 aliphatic rings. The van der Waals surface area contributed by atoms with Crippen molar-refractivity contribution >= 4 is 23.3 Å². The lowest BCUT2D eigenvalue weighted by Gasteiger charge is -2.39. The largest absolute Gasteiger partial charge is 0.493 e. The van der Waals surface area contributed by atoms with Crippen LogP contribution < -0.4 is 19.1 Å². The zero-order chi connectivity index (χ0) is 24.1. The molecule has 8 nitrogen and oxygen atoms in total. The molecule has 1 aromatic carbocycles. The molecule has 4 rings (SSSR count). The van der Waals surface area contributed by atoms with Gasteiger partial charge in [-0.3, -0.25) is 9.69 Å². The predicted molar refractivity (Wildman–Crippen MR) is 132 cm³/mol. The predicted octanol–water partition coefficient (Wildman–Crippen LogP) is 3.32. The van der Waals surface area contributed by atoms with Gasteiger partial charge in [-0.05, 0) is 31.0 Å². The normalized spacial score (nSPS) is 17.5. The zero-order valence-electron chi connectivity index (χ0n) is 20.1. The summed E-state index contributed by atoms with van der Waals surface area (Å²) in [5.74, 6) is 3.25. The van der Waals surface area contributed by atoms with Crippen molar-refractivity contribution < 1.29 is 19.0 Å². The highest BCUT2D eigenvalue weighted by molar-refractivity contribution is 6.30. The minimum absolute atomic E-state index is 0.0843. The molecule has 0 atom stereocenters. The second kappa shape index (κ2) is 11.1. The van der Waals surface area contributed by atoms with Crippen molar-refractivity contribution in [2.45, 2.75) is 19.4 Å². The lowest BCUT2D eigenvalue weighted by Crippen LogP contribution is -2.51. The Morgan fingerprint density at radius 3 is 2.24 bits per heavy atom. The third-order valence-corrected chi connectivity index (χ3v) is 6.97. The molecule has 0 bridgehead atoms. The molecule has 0 N–H and O–H groups in total. The number of hydrogen-bond acceptors (Lipinski definition) is 7. The van der Waals surface area contributed by atoms with E-state index in [4.69, 9.17) is 25.8 Å². The van der Waals surface area contributed by atoms with E-state index in [1.165, 1.54) is 0 Å². The van der Waals surface area contributed by atoms with E-state index in [-0.39, 0.29) is 11.8 Å². The maximum atomic E-state index is 13.2. The van der Waals surface area contributed by atoms with Crippen LogP contribution in [0.5, 0.6) is 17.2 Å². The van der Waals surface area contributed by atoms with E-state index in [1.54, 1.807) is 27.5 Å². The van der Waals surface area contributed by atoms with Crippen LogP contribution in [0, 0.1) is 5.92 Å². The van der Waals surface area contributed by atoms with Crippen molar-refractivity contribution in [3.8, 4) is 17.2 Å². The van der Waals surface area contributed by atoms with E-state index < -0.39 is 0 Å². The SMILES string of the molecule is COc1ccc(CN2CCN(C(=O)C3CCN(c4ccc(Cl)cn4)CC3)CC2)c(OC)c1OC. The Labute approximate surface area is 206 Å². The van der Waals surface area contributed by atoms with Gasteiger partial charge in [0.1, 0.15) is 5.82 Å². The zero-order valence-corrected chi connectivity index (χ0v) is 20.9. The standard InChI is InChI=1S/C25H33ClN4O4/c1-32-21-6-4-19(23(33-2)24(21)34-3)17-28-12-14-30(15-13-28)25(31)18-8-10-29(11-9-18)22-7-5-20(26)16-27-22/h4-7,16,18H,8-15,17H2,1-3H3. The van der Waals surface area contributed by atoms with Gasteiger partial charge < -0.3 is 24.0 Å². The van der Waals surface area contributed by atoms with Gasteiger partial charge >= 0.3 is 0 Å². The molecule has 0 aliphatic carbocycles. The van der Waals surface area contributed by atoms with Gasteiger partial charge in [-0.2, -0.15) is 0 Å². The molecule has 9 heteroatoms. The van der Waals surface area contributed by atoms with Gasteiger partial charge in [0.25, 0.3) is 0 Å². The number of piperazine rings is 1. The third-order valence-electron chi connectivity index (χ3n) is 6.74. The van der Waals surface area contributed by atoms with Crippen LogP contribution in [0.3, 0.4) is 0 Å². The molecule has 3 heterocycles. The van der Waals surface area contributed by atoms with Gasteiger partial charge in [-0.15, -0.1) is 0 Å². The Hall–Kier alpha value is -2.71. The van der Waals surface area contributed by atoms with Gasteiger partial charge in [-0.25, -0.2) is 4.98 Å². The molecule has 0 radical (unpaired) electrons. The van der Waals surface area contributed by atoms with Gasteiger partial charge in [0.2, 0.25) is 11.7 Å². The van der Waals surface area contributed by atoms with Crippen molar-refractivity contribution in [2.75, 3.05) is 65.5 Å². The van der Waals surface area contributed by atoms with Gasteiger partial charge in [-0.1, -0.05) is 17.7 Å². The average molecular weight is 489 g/mol. The summed E-state index contributed by atoms with van der Waals surface area (Å²) in [5, 5.41) is 0.637. The topological polar surface area (TPSA) is 67.4 Å². The quantitative estimate of drug-likeness (QED) is 0.592. The summed E-state index contributed by atoms with van der Waals surface area (Å²) in [5.41, 5.74) is 1.04. The molecule has 2 aliphatic heterocycles. The number of ether oxygens (including phenoxy) is 3. The number of anilines is 1. The molecule has 2 aromatic rings. The number of rotatable bonds is 7. The molecule has 0 saturated carbocycles. The van der Waals surface area contributed by atoms with E-state index in [0.29, 0.717) is 22.3 Å². The molecule has 2 fully saturated rings. The number of methoxy groups -OCH3 is 3. The lowest BCUT2D eigenvalue weighted by molar-refractivity contribution is -0.138. The number of amides is 1. The summed E-state index contributed by atoms with van der Waals surface area (Å²) >= 11 is 5.95. The van der Waals surface area contributed by atoms with Crippen LogP contribution >= 0.6 is 11.6 Å². The Morgan fingerprint density at radius 2 is 1.65 bits per heavy atom.